The van der Waals surface area contributed by atoms with Crippen molar-refractivity contribution in [2.24, 2.45) is 5.73 Å². The number of carbonyl (C=O) groups excluding carboxylic acids is 1. The molecule has 0 fully saturated rings. The van der Waals surface area contributed by atoms with E-state index in [0.717, 1.165) is 23.1 Å². The van der Waals surface area contributed by atoms with Gasteiger partial charge in [0.25, 0.3) is 0 Å². The number of nitrogens with zero attached hydrogens (tertiary/aromatic N) is 1. The summed E-state index contributed by atoms with van der Waals surface area (Å²) >= 11 is 0. The monoisotopic (exact) mass is 340 g/mol. The number of allylic oxidation sites excluding steroid dienone is 5. The zero-order valence-corrected chi connectivity index (χ0v) is 15.9. The van der Waals surface area contributed by atoms with Gasteiger partial charge in [0.05, 0.1) is 0 Å². The summed E-state index contributed by atoms with van der Waals surface area (Å²) in [4.78, 5) is 12.0. The molecule has 0 saturated carbocycles. The summed E-state index contributed by atoms with van der Waals surface area (Å²) in [6.07, 6.45) is 6.05. The Morgan fingerprint density at radius 1 is 1.31 bits per heavy atom. The largest absolute Gasteiger partial charge is 1.00 e. The van der Waals surface area contributed by atoms with Gasteiger partial charge in [-0.2, -0.15) is 5.71 Å². The second-order valence-electron chi connectivity index (χ2n) is 6.10. The van der Waals surface area contributed by atoms with Gasteiger partial charge in [-0.05, 0) is 37.0 Å². The van der Waals surface area contributed by atoms with Crippen LogP contribution >= 0.6 is 0 Å². The molecule has 0 atom stereocenters. The topological polar surface area (TPSA) is 77.4 Å². The molecule has 0 bridgehead atoms. The summed E-state index contributed by atoms with van der Waals surface area (Å²) < 4.78 is 0. The van der Waals surface area contributed by atoms with Crippen molar-refractivity contribution in [1.82, 2.24) is 5.32 Å². The molecule has 1 aliphatic carbocycles. The Hall–Kier alpha value is -2.28. The average molecular weight is 340 g/mol. The molecule has 1 aromatic carbocycles. The van der Waals surface area contributed by atoms with Crippen LogP contribution in [0.25, 0.3) is 11.0 Å². The molecule has 0 unspecified atom stereocenters. The van der Waals surface area contributed by atoms with Crippen LogP contribution in [0.3, 0.4) is 0 Å². The molecular formula is C21H23LiN3O-. The van der Waals surface area contributed by atoms with Crippen molar-refractivity contribution >= 4 is 17.2 Å². The first-order valence-electron chi connectivity index (χ1n) is 8.30. The van der Waals surface area contributed by atoms with E-state index in [2.05, 4.69) is 5.32 Å². The minimum atomic E-state index is -0.435. The van der Waals surface area contributed by atoms with Gasteiger partial charge in [-0.3, -0.25) is 0 Å². The Bertz CT molecular complexity index is 832. The van der Waals surface area contributed by atoms with Crippen molar-refractivity contribution in [3.05, 3.63) is 81.9 Å². The molecule has 26 heavy (non-hydrogen) atoms. The summed E-state index contributed by atoms with van der Waals surface area (Å²) in [7, 11) is 0. The van der Waals surface area contributed by atoms with Gasteiger partial charge in [-0.15, -0.1) is 5.57 Å². The van der Waals surface area contributed by atoms with Gasteiger partial charge in [0, 0.05) is 6.54 Å². The number of aryl methyl sites for hydroxylation is 2. The van der Waals surface area contributed by atoms with E-state index in [4.69, 9.17) is 12.3 Å². The standard InChI is InChI=1S/C21H23N3O.Li/c1-5-11-24-21(25)15(4)19(22)18-8-6-7-17(20(18)23)16-10-9-13(2)12-14(16)3;/h4,6-10,12H,5,11,22H2,1-3H3,(H,24,25);/q-2;+1/b19-18+;. The van der Waals surface area contributed by atoms with E-state index < -0.39 is 5.91 Å². The molecule has 2 rings (SSSR count). The van der Waals surface area contributed by atoms with Crippen molar-refractivity contribution in [3.8, 4) is 0 Å². The first-order chi connectivity index (χ1) is 11.9. The summed E-state index contributed by atoms with van der Waals surface area (Å²) in [5.74, 6) is -0.435. The number of amides is 1. The van der Waals surface area contributed by atoms with E-state index in [-0.39, 0.29) is 35.8 Å². The smallest absolute Gasteiger partial charge is 0.804 e. The van der Waals surface area contributed by atoms with Gasteiger partial charge in [0.1, 0.15) is 5.91 Å². The van der Waals surface area contributed by atoms with E-state index in [1.807, 2.05) is 45.0 Å². The van der Waals surface area contributed by atoms with Crippen LogP contribution in [-0.4, -0.2) is 18.2 Å². The number of rotatable bonds is 5. The van der Waals surface area contributed by atoms with Crippen LogP contribution in [0, 0.1) is 20.4 Å². The van der Waals surface area contributed by atoms with Crippen LogP contribution < -0.4 is 29.9 Å². The minimum Gasteiger partial charge on any atom is -0.804 e. The summed E-state index contributed by atoms with van der Waals surface area (Å²) in [5.41, 5.74) is 10.1. The number of nitrogens with two attached hydrogens (primary N) is 1. The van der Waals surface area contributed by atoms with Crippen LogP contribution in [0.15, 0.2) is 53.3 Å². The first-order valence-corrected chi connectivity index (χ1v) is 8.30. The van der Waals surface area contributed by atoms with Gasteiger partial charge in [0.2, 0.25) is 0 Å². The second kappa shape index (κ2) is 9.42. The number of nitrogens with one attached hydrogen (secondary N) is 1. The van der Waals surface area contributed by atoms with Crippen molar-refractivity contribution < 1.29 is 23.7 Å². The predicted molar refractivity (Wildman–Crippen MR) is 104 cm³/mol. The first kappa shape index (κ1) is 21.8. The third-order valence-corrected chi connectivity index (χ3v) is 4.07. The fraction of sp³-hybridized carbons (Fsp3) is 0.238. The van der Waals surface area contributed by atoms with E-state index in [1.165, 1.54) is 0 Å². The zero-order valence-electron chi connectivity index (χ0n) is 15.9. The molecule has 130 valence electrons. The second-order valence-corrected chi connectivity index (χ2v) is 6.10. The molecule has 1 aromatic rings. The SMILES string of the molecule is [CH-]=C(C(=O)NCCC)/C(N)=C1/C=CC=C(c2ccc(C)cc2C)C1=[N-].[Li+]. The van der Waals surface area contributed by atoms with E-state index in [1.54, 1.807) is 12.2 Å². The molecule has 0 aromatic heterocycles. The molecule has 3 N–H and O–H groups in total. The third-order valence-electron chi connectivity index (χ3n) is 4.07. The molecular weight excluding hydrogens is 317 g/mol. The molecule has 0 saturated heterocycles. The Morgan fingerprint density at radius 3 is 2.62 bits per heavy atom. The maximum absolute atomic E-state index is 12.0. The normalized spacial score (nSPS) is 15.0. The van der Waals surface area contributed by atoms with Crippen molar-refractivity contribution in [2.75, 3.05) is 6.54 Å². The molecule has 0 aliphatic heterocycles. The maximum Gasteiger partial charge on any atom is 1.00 e. The Kier molecular flexibility index (Phi) is 7.89. The average Bonchev–Trinajstić information content (AvgIpc) is 2.59. The number of hydrogen-bond acceptors (Lipinski definition) is 2. The van der Waals surface area contributed by atoms with Gasteiger partial charge < -0.3 is 21.3 Å². The predicted octanol–water partition coefficient (Wildman–Crippen LogP) is 0.369. The van der Waals surface area contributed by atoms with E-state index >= 15 is 0 Å². The molecule has 0 spiro atoms. The van der Waals surface area contributed by atoms with Crippen molar-refractivity contribution in [1.29, 1.82) is 0 Å². The summed E-state index contributed by atoms with van der Waals surface area (Å²) in [6.45, 7) is 12.3. The molecule has 4 nitrogen and oxygen atoms in total. The summed E-state index contributed by atoms with van der Waals surface area (Å²) in [6, 6.07) is 5.99. The fourth-order valence-electron chi connectivity index (χ4n) is 2.70. The van der Waals surface area contributed by atoms with Crippen molar-refractivity contribution in [2.45, 2.75) is 27.2 Å². The Labute approximate surface area is 167 Å². The van der Waals surface area contributed by atoms with Crippen LogP contribution in [0.5, 0.6) is 0 Å². The molecule has 1 amide bonds. The van der Waals surface area contributed by atoms with Crippen molar-refractivity contribution in [3.63, 3.8) is 0 Å². The van der Waals surface area contributed by atoms with Crippen LogP contribution in [-0.2, 0) is 4.79 Å². The fourth-order valence-corrected chi connectivity index (χ4v) is 2.70. The Balaban J connectivity index is 0.00000338. The quantitative estimate of drug-likeness (QED) is 0.462. The zero-order chi connectivity index (χ0) is 18.6. The minimum absolute atomic E-state index is 0. The maximum atomic E-state index is 12.0. The molecule has 5 heteroatoms. The number of hydrogen-bond donors (Lipinski definition) is 2. The third kappa shape index (κ3) is 4.66. The molecule has 0 radical (unpaired) electrons. The number of benzene rings is 1. The van der Waals surface area contributed by atoms with Gasteiger partial charge >= 0.3 is 18.9 Å². The van der Waals surface area contributed by atoms with E-state index in [0.29, 0.717) is 17.7 Å². The summed E-state index contributed by atoms with van der Waals surface area (Å²) in [5, 5.41) is 13.4. The van der Waals surface area contributed by atoms with Gasteiger partial charge in [-0.25, -0.2) is 6.58 Å². The Morgan fingerprint density at radius 2 is 2.00 bits per heavy atom. The van der Waals surface area contributed by atoms with Gasteiger partial charge in [-0.1, -0.05) is 60.2 Å². The van der Waals surface area contributed by atoms with Crippen LogP contribution in [0.4, 0.5) is 0 Å². The van der Waals surface area contributed by atoms with Crippen LogP contribution in [0.1, 0.15) is 30.0 Å². The van der Waals surface area contributed by atoms with E-state index in [9.17, 15) is 10.2 Å². The number of carbonyl (C=O) groups is 1. The van der Waals surface area contributed by atoms with Gasteiger partial charge in [0.15, 0.2) is 0 Å². The van der Waals surface area contributed by atoms with Crippen LogP contribution in [0.2, 0.25) is 0 Å². The molecule has 1 aliphatic rings. The molecule has 0 heterocycles.